The summed E-state index contributed by atoms with van der Waals surface area (Å²) < 4.78 is 56.3. The molecule has 1 aromatic carbocycles. The number of carboxylic acids is 1. The molecule has 1 saturated heterocycles. The molecule has 0 spiro atoms. The summed E-state index contributed by atoms with van der Waals surface area (Å²) in [5.74, 6) is -2.59. The molecule has 0 amide bonds. The highest BCUT2D eigenvalue weighted by molar-refractivity contribution is 6.35. The molecule has 0 atom stereocenters. The maximum atomic E-state index is 14.4. The molecular formula is C21H16ClF4N3O3. The quantitative estimate of drug-likeness (QED) is 0.445. The van der Waals surface area contributed by atoms with Crippen LogP contribution in [-0.2, 0) is 11.0 Å². The predicted octanol–water partition coefficient (Wildman–Crippen LogP) is 4.63. The van der Waals surface area contributed by atoms with Crippen molar-refractivity contribution in [3.63, 3.8) is 0 Å². The molecule has 32 heavy (non-hydrogen) atoms. The third kappa shape index (κ3) is 3.68. The second-order valence-corrected chi connectivity index (χ2v) is 7.87. The number of aromatic nitrogens is 2. The molecule has 11 heteroatoms. The summed E-state index contributed by atoms with van der Waals surface area (Å²) in [5.41, 5.74) is -3.83. The first kappa shape index (κ1) is 22.1. The Bertz CT molecular complexity index is 1220. The maximum Gasteiger partial charge on any atom is 0.417 e. The van der Waals surface area contributed by atoms with E-state index in [2.05, 4.69) is 4.98 Å². The van der Waals surface area contributed by atoms with Gasteiger partial charge < -0.3 is 10.0 Å². The molecule has 0 unspecified atom stereocenters. The third-order valence-electron chi connectivity index (χ3n) is 5.52. The van der Waals surface area contributed by atoms with Crippen molar-refractivity contribution in [2.75, 3.05) is 18.0 Å². The van der Waals surface area contributed by atoms with E-state index in [0.29, 0.717) is 5.52 Å². The summed E-state index contributed by atoms with van der Waals surface area (Å²) in [5, 5.41) is 8.72. The van der Waals surface area contributed by atoms with Crippen LogP contribution in [0.25, 0.3) is 5.52 Å². The van der Waals surface area contributed by atoms with Crippen molar-refractivity contribution in [2.24, 2.45) is 0 Å². The number of hydrogen-bond donors (Lipinski definition) is 1. The monoisotopic (exact) mass is 469 g/mol. The third-order valence-corrected chi connectivity index (χ3v) is 5.83. The number of alkyl halides is 4. The number of rotatable bonds is 4. The van der Waals surface area contributed by atoms with Gasteiger partial charge in [0.2, 0.25) is 11.5 Å². The summed E-state index contributed by atoms with van der Waals surface area (Å²) in [6.07, 6.45) is -3.91. The first-order valence-electron chi connectivity index (χ1n) is 9.58. The predicted molar refractivity (Wildman–Crippen MR) is 108 cm³/mol. The van der Waals surface area contributed by atoms with Crippen LogP contribution >= 0.6 is 11.6 Å². The van der Waals surface area contributed by atoms with Gasteiger partial charge in [-0.1, -0.05) is 23.7 Å². The van der Waals surface area contributed by atoms with Crippen LogP contribution in [0.5, 0.6) is 0 Å². The highest BCUT2D eigenvalue weighted by Crippen LogP contribution is 2.37. The van der Waals surface area contributed by atoms with Crippen LogP contribution in [-0.4, -0.2) is 45.0 Å². The maximum absolute atomic E-state index is 14.4. The average molecular weight is 470 g/mol. The number of piperidine rings is 1. The Kier molecular flexibility index (Phi) is 5.36. The van der Waals surface area contributed by atoms with Crippen LogP contribution in [0.2, 0.25) is 5.02 Å². The van der Waals surface area contributed by atoms with Crippen molar-refractivity contribution >= 4 is 34.7 Å². The number of nitrogens with zero attached hydrogens (tertiary/aromatic N) is 3. The Labute approximate surface area is 184 Å². The number of imidazole rings is 1. The van der Waals surface area contributed by atoms with Crippen molar-refractivity contribution in [3.05, 3.63) is 64.6 Å². The van der Waals surface area contributed by atoms with E-state index in [1.54, 1.807) is 23.1 Å². The Hall–Kier alpha value is -3.14. The average Bonchev–Trinajstić information content (AvgIpc) is 3.13. The zero-order valence-corrected chi connectivity index (χ0v) is 17.1. The number of carbonyl (C=O) groups excluding carboxylic acids is 1. The molecule has 0 aliphatic carbocycles. The molecule has 3 aromatic rings. The van der Waals surface area contributed by atoms with Crippen LogP contribution < -0.4 is 4.90 Å². The molecule has 1 N–H and O–H groups in total. The largest absolute Gasteiger partial charge is 0.479 e. The number of fused-ring (bicyclic) bond motifs is 1. The number of benzene rings is 1. The van der Waals surface area contributed by atoms with E-state index in [1.165, 1.54) is 16.7 Å². The van der Waals surface area contributed by atoms with Gasteiger partial charge in [-0.2, -0.15) is 13.2 Å². The molecule has 0 saturated carbocycles. The van der Waals surface area contributed by atoms with E-state index in [-0.39, 0.29) is 42.6 Å². The van der Waals surface area contributed by atoms with Crippen molar-refractivity contribution in [1.82, 2.24) is 9.38 Å². The zero-order valence-electron chi connectivity index (χ0n) is 16.4. The minimum absolute atomic E-state index is 0.0118. The summed E-state index contributed by atoms with van der Waals surface area (Å²) in [6, 6.07) is 7.93. The number of pyridine rings is 1. The van der Waals surface area contributed by atoms with Gasteiger partial charge in [-0.15, -0.1) is 0 Å². The van der Waals surface area contributed by atoms with E-state index < -0.39 is 34.7 Å². The Balaban J connectivity index is 1.79. The van der Waals surface area contributed by atoms with E-state index in [1.807, 2.05) is 0 Å². The van der Waals surface area contributed by atoms with Crippen LogP contribution in [0, 0.1) is 0 Å². The summed E-state index contributed by atoms with van der Waals surface area (Å²) in [4.78, 5) is 30.3. The Morgan fingerprint density at radius 1 is 1.09 bits per heavy atom. The van der Waals surface area contributed by atoms with Gasteiger partial charge in [0.1, 0.15) is 0 Å². The summed E-state index contributed by atoms with van der Waals surface area (Å²) in [7, 11) is 0. The lowest BCUT2D eigenvalue weighted by Crippen LogP contribution is -2.46. The van der Waals surface area contributed by atoms with Gasteiger partial charge in [-0.25, -0.2) is 14.2 Å². The molecule has 4 rings (SSSR count). The standard InChI is InChI=1S/C21H16ClF4N3O3/c22-13-5-3-4-12(21(24,25)26)15(13)16(30)18-27-17(14-6-1-2-9-29(14)18)28-10-7-20(23,8-11-28)19(31)32/h1-6,9H,7-8,10-11H2,(H,31,32). The van der Waals surface area contributed by atoms with Gasteiger partial charge >= 0.3 is 12.1 Å². The molecule has 3 heterocycles. The molecular weight excluding hydrogens is 454 g/mol. The van der Waals surface area contributed by atoms with Gasteiger partial charge in [-0.3, -0.25) is 9.20 Å². The van der Waals surface area contributed by atoms with Crippen molar-refractivity contribution in [2.45, 2.75) is 24.7 Å². The van der Waals surface area contributed by atoms with Gasteiger partial charge in [0.15, 0.2) is 11.6 Å². The summed E-state index contributed by atoms with van der Waals surface area (Å²) in [6.45, 7) is 0.0236. The summed E-state index contributed by atoms with van der Waals surface area (Å²) >= 11 is 5.98. The Morgan fingerprint density at radius 3 is 2.41 bits per heavy atom. The topological polar surface area (TPSA) is 74.9 Å². The fourth-order valence-corrected chi connectivity index (χ4v) is 4.06. The lowest BCUT2D eigenvalue weighted by atomic mass is 9.93. The molecule has 1 aliphatic heterocycles. The number of halogens is 5. The van der Waals surface area contributed by atoms with Crippen molar-refractivity contribution < 1.29 is 32.3 Å². The molecule has 0 radical (unpaired) electrons. The number of ketones is 1. The van der Waals surface area contributed by atoms with E-state index >= 15 is 0 Å². The SMILES string of the molecule is O=C(c1c(Cl)cccc1C(F)(F)F)c1nc(N2CCC(F)(C(=O)O)CC2)c2ccccn12. The van der Waals surface area contributed by atoms with E-state index in [0.717, 1.165) is 12.1 Å². The van der Waals surface area contributed by atoms with Crippen LogP contribution in [0.4, 0.5) is 23.4 Å². The van der Waals surface area contributed by atoms with Gasteiger partial charge in [-0.05, 0) is 24.3 Å². The van der Waals surface area contributed by atoms with Crippen molar-refractivity contribution in [1.29, 1.82) is 0 Å². The minimum Gasteiger partial charge on any atom is -0.479 e. The smallest absolute Gasteiger partial charge is 0.417 e. The fraction of sp³-hybridized carbons (Fsp3) is 0.286. The molecule has 6 nitrogen and oxygen atoms in total. The van der Waals surface area contributed by atoms with Gasteiger partial charge in [0.05, 0.1) is 21.7 Å². The van der Waals surface area contributed by atoms with Gasteiger partial charge in [0.25, 0.3) is 0 Å². The first-order chi connectivity index (χ1) is 15.0. The molecule has 2 aromatic heterocycles. The zero-order chi connectivity index (χ0) is 23.3. The second kappa shape index (κ2) is 7.77. The molecule has 0 bridgehead atoms. The molecule has 1 fully saturated rings. The highest BCUT2D eigenvalue weighted by atomic mass is 35.5. The van der Waals surface area contributed by atoms with E-state index in [9.17, 15) is 27.2 Å². The lowest BCUT2D eigenvalue weighted by molar-refractivity contribution is -0.152. The van der Waals surface area contributed by atoms with Crippen LogP contribution in [0.15, 0.2) is 42.6 Å². The van der Waals surface area contributed by atoms with E-state index in [4.69, 9.17) is 16.7 Å². The molecule has 168 valence electrons. The van der Waals surface area contributed by atoms with Crippen LogP contribution in [0.1, 0.15) is 34.6 Å². The normalized spacial score (nSPS) is 16.3. The molecule has 1 aliphatic rings. The van der Waals surface area contributed by atoms with Gasteiger partial charge in [0, 0.05) is 32.1 Å². The number of hydrogen-bond acceptors (Lipinski definition) is 4. The lowest BCUT2D eigenvalue weighted by Gasteiger charge is -2.34. The number of carbonyl (C=O) groups is 2. The first-order valence-corrected chi connectivity index (χ1v) is 9.95. The minimum atomic E-state index is -4.81. The number of carboxylic acid groups (broad SMARTS) is 1. The number of anilines is 1. The fourth-order valence-electron chi connectivity index (χ4n) is 3.80. The number of aliphatic carboxylic acids is 1. The highest BCUT2D eigenvalue weighted by Gasteiger charge is 2.43. The van der Waals surface area contributed by atoms with Crippen molar-refractivity contribution in [3.8, 4) is 0 Å². The Morgan fingerprint density at radius 2 is 1.78 bits per heavy atom. The second-order valence-electron chi connectivity index (χ2n) is 7.46. The van der Waals surface area contributed by atoms with Crippen LogP contribution in [0.3, 0.4) is 0 Å².